The van der Waals surface area contributed by atoms with Gasteiger partial charge in [-0.2, -0.15) is 4.98 Å². The number of hydrogen-bond donors (Lipinski definition) is 0. The zero-order valence-corrected chi connectivity index (χ0v) is 12.4. The van der Waals surface area contributed by atoms with E-state index in [1.54, 1.807) is 0 Å². The van der Waals surface area contributed by atoms with Gasteiger partial charge >= 0.3 is 0 Å². The van der Waals surface area contributed by atoms with Crippen LogP contribution in [0.3, 0.4) is 0 Å². The van der Waals surface area contributed by atoms with Crippen molar-refractivity contribution in [3.8, 4) is 0 Å². The Morgan fingerprint density at radius 1 is 1.50 bits per heavy atom. The topological polar surface area (TPSA) is 59.2 Å². The van der Waals surface area contributed by atoms with E-state index in [-0.39, 0.29) is 11.8 Å². The molecule has 3 rings (SSSR count). The molecule has 0 bridgehead atoms. The lowest BCUT2D eigenvalue weighted by molar-refractivity contribution is 0.0700. The van der Waals surface area contributed by atoms with Crippen molar-refractivity contribution in [3.63, 3.8) is 0 Å². The molecule has 6 heteroatoms. The number of carbonyl (C=O) groups is 1. The molecule has 0 radical (unpaired) electrons. The first kappa shape index (κ1) is 13.3. The van der Waals surface area contributed by atoms with Gasteiger partial charge in [0.25, 0.3) is 5.91 Å². The molecule has 1 fully saturated rings. The van der Waals surface area contributed by atoms with Crippen molar-refractivity contribution in [2.24, 2.45) is 0 Å². The lowest BCUT2D eigenvalue weighted by Gasteiger charge is -2.30. The highest BCUT2D eigenvalue weighted by atomic mass is 32.1. The number of amides is 1. The molecular formula is C14H17N3O2S. The molecule has 1 amide bonds. The Hall–Kier alpha value is -1.69. The van der Waals surface area contributed by atoms with Gasteiger partial charge in [-0.3, -0.25) is 4.79 Å². The number of hydrogen-bond acceptors (Lipinski definition) is 5. The first-order chi connectivity index (χ1) is 9.65. The summed E-state index contributed by atoms with van der Waals surface area (Å²) in [4.78, 5) is 19.6. The van der Waals surface area contributed by atoms with Crippen LogP contribution >= 0.6 is 11.3 Å². The van der Waals surface area contributed by atoms with Crippen molar-refractivity contribution in [3.05, 3.63) is 33.6 Å². The Kier molecular flexibility index (Phi) is 3.56. The van der Waals surface area contributed by atoms with E-state index in [0.29, 0.717) is 18.3 Å². The minimum absolute atomic E-state index is 0.124. The molecule has 106 valence electrons. The summed E-state index contributed by atoms with van der Waals surface area (Å²) in [5.74, 6) is 1.59. The molecule has 1 atom stereocenters. The smallest absolute Gasteiger partial charge is 0.264 e. The zero-order chi connectivity index (χ0) is 14.1. The van der Waals surface area contributed by atoms with Crippen molar-refractivity contribution >= 4 is 17.2 Å². The van der Waals surface area contributed by atoms with Gasteiger partial charge in [-0.15, -0.1) is 11.3 Å². The molecule has 3 heterocycles. The Balaban J connectivity index is 1.75. The maximum Gasteiger partial charge on any atom is 0.264 e. The summed E-state index contributed by atoms with van der Waals surface area (Å²) in [6, 6.07) is 1.99. The summed E-state index contributed by atoms with van der Waals surface area (Å²) in [5, 5.41) is 5.80. The van der Waals surface area contributed by atoms with Crippen LogP contribution in [0.1, 0.15) is 45.7 Å². The summed E-state index contributed by atoms with van der Waals surface area (Å²) in [6.07, 6.45) is 1.97. The molecule has 20 heavy (non-hydrogen) atoms. The van der Waals surface area contributed by atoms with Crippen LogP contribution in [0.5, 0.6) is 0 Å². The molecule has 1 aliphatic rings. The van der Waals surface area contributed by atoms with Crippen LogP contribution in [0, 0.1) is 13.8 Å². The predicted octanol–water partition coefficient (Wildman–Crippen LogP) is 2.77. The predicted molar refractivity (Wildman–Crippen MR) is 76.0 cm³/mol. The Morgan fingerprint density at radius 2 is 2.35 bits per heavy atom. The highest BCUT2D eigenvalue weighted by molar-refractivity contribution is 7.12. The van der Waals surface area contributed by atoms with Crippen LogP contribution in [0.2, 0.25) is 0 Å². The van der Waals surface area contributed by atoms with Crippen LogP contribution in [0.25, 0.3) is 0 Å². The monoisotopic (exact) mass is 291 g/mol. The van der Waals surface area contributed by atoms with E-state index >= 15 is 0 Å². The van der Waals surface area contributed by atoms with Gasteiger partial charge in [-0.1, -0.05) is 5.16 Å². The molecule has 0 saturated carbocycles. The molecule has 0 unspecified atom stereocenters. The van der Waals surface area contributed by atoms with Crippen LogP contribution < -0.4 is 0 Å². The van der Waals surface area contributed by atoms with Crippen molar-refractivity contribution in [1.82, 2.24) is 15.0 Å². The van der Waals surface area contributed by atoms with Gasteiger partial charge < -0.3 is 9.42 Å². The number of piperidine rings is 1. The fourth-order valence-electron chi connectivity index (χ4n) is 2.58. The van der Waals surface area contributed by atoms with Gasteiger partial charge in [-0.25, -0.2) is 0 Å². The van der Waals surface area contributed by atoms with E-state index in [4.69, 9.17) is 4.52 Å². The molecule has 0 spiro atoms. The highest BCUT2D eigenvalue weighted by Crippen LogP contribution is 2.28. The fourth-order valence-corrected chi connectivity index (χ4v) is 3.47. The van der Waals surface area contributed by atoms with Gasteiger partial charge in [0.2, 0.25) is 5.89 Å². The fraction of sp³-hybridized carbons (Fsp3) is 0.500. The highest BCUT2D eigenvalue weighted by Gasteiger charge is 2.29. The number of aryl methyl sites for hydroxylation is 2. The molecule has 0 aliphatic carbocycles. The quantitative estimate of drug-likeness (QED) is 0.853. The Bertz CT molecular complexity index is 619. The number of nitrogens with zero attached hydrogens (tertiary/aromatic N) is 3. The molecule has 0 aromatic carbocycles. The number of carbonyl (C=O) groups excluding carboxylic acids is 1. The summed E-state index contributed by atoms with van der Waals surface area (Å²) < 4.78 is 5.25. The molecule has 5 nitrogen and oxygen atoms in total. The maximum absolute atomic E-state index is 12.5. The normalized spacial score (nSPS) is 19.3. The van der Waals surface area contributed by atoms with E-state index in [9.17, 15) is 4.79 Å². The minimum atomic E-state index is 0.124. The van der Waals surface area contributed by atoms with Crippen molar-refractivity contribution in [1.29, 1.82) is 0 Å². The van der Waals surface area contributed by atoms with Crippen LogP contribution in [-0.2, 0) is 0 Å². The standard InChI is InChI=1S/C14H17N3O2S/c1-9-5-7-20-12(9)14(18)17-6-3-4-11(8-17)13-15-10(2)16-19-13/h5,7,11H,3-4,6,8H2,1-2H3/t11-/m1/s1. The number of aromatic nitrogens is 2. The van der Waals surface area contributed by atoms with Crippen LogP contribution in [-0.4, -0.2) is 34.0 Å². The first-order valence-electron chi connectivity index (χ1n) is 6.78. The first-order valence-corrected chi connectivity index (χ1v) is 7.66. The average molecular weight is 291 g/mol. The zero-order valence-electron chi connectivity index (χ0n) is 11.6. The maximum atomic E-state index is 12.5. The lowest BCUT2D eigenvalue weighted by Crippen LogP contribution is -2.39. The van der Waals surface area contributed by atoms with Gasteiger partial charge in [0.05, 0.1) is 10.8 Å². The Morgan fingerprint density at radius 3 is 3.00 bits per heavy atom. The molecular weight excluding hydrogens is 274 g/mol. The van der Waals surface area contributed by atoms with Gasteiger partial charge in [0.15, 0.2) is 5.82 Å². The number of rotatable bonds is 2. The summed E-state index contributed by atoms with van der Waals surface area (Å²) in [5.41, 5.74) is 1.05. The van der Waals surface area contributed by atoms with Gasteiger partial charge in [0.1, 0.15) is 0 Å². The molecule has 0 N–H and O–H groups in total. The van der Waals surface area contributed by atoms with Crippen molar-refractivity contribution in [2.75, 3.05) is 13.1 Å². The molecule has 2 aromatic heterocycles. The largest absolute Gasteiger partial charge is 0.339 e. The third-order valence-corrected chi connectivity index (χ3v) is 4.66. The molecule has 1 saturated heterocycles. The second-order valence-corrected chi connectivity index (χ2v) is 6.12. The SMILES string of the molecule is Cc1noc([C@@H]2CCCN(C(=O)c3sccc3C)C2)n1. The van der Waals surface area contributed by atoms with Crippen molar-refractivity contribution in [2.45, 2.75) is 32.6 Å². The third kappa shape index (κ3) is 2.47. The van der Waals surface area contributed by atoms with E-state index in [1.807, 2.05) is 30.2 Å². The minimum Gasteiger partial charge on any atom is -0.339 e. The number of thiophene rings is 1. The van der Waals surface area contributed by atoms with Crippen LogP contribution in [0.15, 0.2) is 16.0 Å². The van der Waals surface area contributed by atoms with E-state index in [1.165, 1.54) is 11.3 Å². The summed E-state index contributed by atoms with van der Waals surface area (Å²) >= 11 is 1.51. The van der Waals surface area contributed by atoms with Gasteiger partial charge in [0, 0.05) is 13.1 Å². The van der Waals surface area contributed by atoms with Gasteiger partial charge in [-0.05, 0) is 43.7 Å². The van der Waals surface area contributed by atoms with Crippen LogP contribution in [0.4, 0.5) is 0 Å². The van der Waals surface area contributed by atoms with E-state index in [2.05, 4.69) is 10.1 Å². The third-order valence-electron chi connectivity index (χ3n) is 3.66. The van der Waals surface area contributed by atoms with Crippen molar-refractivity contribution < 1.29 is 9.32 Å². The van der Waals surface area contributed by atoms with E-state index < -0.39 is 0 Å². The van der Waals surface area contributed by atoms with E-state index in [0.717, 1.165) is 29.8 Å². The molecule has 2 aromatic rings. The number of likely N-dealkylation sites (tertiary alicyclic amines) is 1. The Labute approximate surface area is 121 Å². The second-order valence-electron chi connectivity index (χ2n) is 5.20. The summed E-state index contributed by atoms with van der Waals surface area (Å²) in [6.45, 7) is 5.26. The second kappa shape index (κ2) is 5.36. The molecule has 1 aliphatic heterocycles. The average Bonchev–Trinajstić information content (AvgIpc) is 3.07. The summed E-state index contributed by atoms with van der Waals surface area (Å²) in [7, 11) is 0. The lowest BCUT2D eigenvalue weighted by atomic mass is 9.97.